The Labute approximate surface area is 141 Å². The number of unbranched alkanes of at least 4 members (excludes halogenated alkanes) is 1. The van der Waals surface area contributed by atoms with Crippen molar-refractivity contribution in [3.8, 4) is 0 Å². The van der Waals surface area contributed by atoms with Crippen LogP contribution in [0, 0.1) is 17.8 Å². The van der Waals surface area contributed by atoms with Crippen LogP contribution >= 0.6 is 0 Å². The number of hydrogen-bond acceptors (Lipinski definition) is 3. The largest absolute Gasteiger partial charge is 0.490 e. The van der Waals surface area contributed by atoms with E-state index in [2.05, 4.69) is 11.9 Å². The lowest BCUT2D eigenvalue weighted by atomic mass is 9.52. The SMILES string of the molecule is CN(CCCCN)C12CC3CC(CC(C3)C1)C2.O=C(O)C(F)(F)F. The Morgan fingerprint density at radius 2 is 1.54 bits per heavy atom. The van der Waals surface area contributed by atoms with E-state index in [-0.39, 0.29) is 0 Å². The smallest absolute Gasteiger partial charge is 0.475 e. The summed E-state index contributed by atoms with van der Waals surface area (Å²) in [6.45, 7) is 2.12. The van der Waals surface area contributed by atoms with Crippen molar-refractivity contribution >= 4 is 5.97 Å². The summed E-state index contributed by atoms with van der Waals surface area (Å²) in [5.74, 6) is 0.446. The molecule has 0 amide bonds. The first kappa shape index (κ1) is 19.5. The van der Waals surface area contributed by atoms with Crippen molar-refractivity contribution in [2.24, 2.45) is 23.5 Å². The Hall–Kier alpha value is -0.820. The Morgan fingerprint density at radius 3 is 1.88 bits per heavy atom. The van der Waals surface area contributed by atoms with Gasteiger partial charge in [0, 0.05) is 5.54 Å². The summed E-state index contributed by atoms with van der Waals surface area (Å²) in [5.41, 5.74) is 6.20. The number of alkyl halides is 3. The van der Waals surface area contributed by atoms with Gasteiger partial charge in [-0.05, 0) is 89.3 Å². The second-order valence-electron chi connectivity index (χ2n) is 7.86. The topological polar surface area (TPSA) is 66.6 Å². The molecule has 0 unspecified atom stereocenters. The molecule has 0 atom stereocenters. The van der Waals surface area contributed by atoms with Gasteiger partial charge >= 0.3 is 12.1 Å². The first-order valence-corrected chi connectivity index (χ1v) is 8.87. The lowest BCUT2D eigenvalue weighted by Crippen LogP contribution is -2.58. The van der Waals surface area contributed by atoms with Crippen LogP contribution in [-0.2, 0) is 4.79 Å². The lowest BCUT2D eigenvalue weighted by Gasteiger charge is -2.60. The Kier molecular flexibility index (Phi) is 6.18. The zero-order chi connectivity index (χ0) is 18.0. The predicted molar refractivity (Wildman–Crippen MR) is 85.5 cm³/mol. The number of aliphatic carboxylic acids is 1. The Balaban J connectivity index is 0.000000256. The first-order valence-electron chi connectivity index (χ1n) is 8.87. The molecule has 4 saturated carbocycles. The third-order valence-electron chi connectivity index (χ3n) is 6.01. The summed E-state index contributed by atoms with van der Waals surface area (Å²) < 4.78 is 31.7. The molecule has 0 aromatic heterocycles. The third-order valence-corrected chi connectivity index (χ3v) is 6.01. The van der Waals surface area contributed by atoms with Crippen LogP contribution in [-0.4, -0.2) is 47.8 Å². The van der Waals surface area contributed by atoms with Gasteiger partial charge in [-0.3, -0.25) is 0 Å². The van der Waals surface area contributed by atoms with E-state index in [4.69, 9.17) is 15.6 Å². The monoisotopic (exact) mass is 350 g/mol. The summed E-state index contributed by atoms with van der Waals surface area (Å²) >= 11 is 0. The molecule has 0 aromatic rings. The highest BCUT2D eigenvalue weighted by atomic mass is 19.4. The van der Waals surface area contributed by atoms with Crippen LogP contribution in [0.4, 0.5) is 13.2 Å². The number of carbonyl (C=O) groups is 1. The van der Waals surface area contributed by atoms with E-state index in [9.17, 15) is 13.2 Å². The summed E-state index contributed by atoms with van der Waals surface area (Å²) in [4.78, 5) is 11.6. The Morgan fingerprint density at radius 1 is 1.12 bits per heavy atom. The van der Waals surface area contributed by atoms with Crippen LogP contribution < -0.4 is 5.73 Å². The molecule has 24 heavy (non-hydrogen) atoms. The maximum absolute atomic E-state index is 10.6. The normalized spacial score (nSPS) is 34.2. The third kappa shape index (κ3) is 4.63. The van der Waals surface area contributed by atoms with Crippen LogP contribution in [0.1, 0.15) is 51.4 Å². The standard InChI is InChI=1S/C15H28N2.C2HF3O2/c1-17(5-3-2-4-16)15-9-12-6-13(10-15)8-14(7-12)11-15;3-2(4,5)1(6)7/h12-14H,2-11,16H2,1H3;(H,6,7). The van der Waals surface area contributed by atoms with Gasteiger partial charge in [-0.1, -0.05) is 0 Å². The Bertz CT molecular complexity index is 405. The van der Waals surface area contributed by atoms with Crippen molar-refractivity contribution in [3.05, 3.63) is 0 Å². The average molecular weight is 350 g/mol. The van der Waals surface area contributed by atoms with Crippen molar-refractivity contribution in [2.75, 3.05) is 20.1 Å². The molecule has 4 rings (SSSR count). The van der Waals surface area contributed by atoms with Crippen molar-refractivity contribution in [2.45, 2.75) is 63.1 Å². The fraction of sp³-hybridized carbons (Fsp3) is 0.941. The molecule has 0 aliphatic heterocycles. The highest BCUT2D eigenvalue weighted by molar-refractivity contribution is 5.73. The molecule has 4 nitrogen and oxygen atoms in total. The van der Waals surface area contributed by atoms with E-state index in [1.807, 2.05) is 0 Å². The van der Waals surface area contributed by atoms with E-state index in [1.54, 1.807) is 19.3 Å². The van der Waals surface area contributed by atoms with E-state index in [1.165, 1.54) is 38.6 Å². The number of nitrogens with zero attached hydrogens (tertiary/aromatic N) is 1. The second kappa shape index (κ2) is 7.60. The van der Waals surface area contributed by atoms with Gasteiger partial charge in [0.2, 0.25) is 0 Å². The summed E-state index contributed by atoms with van der Waals surface area (Å²) in [5, 5.41) is 7.12. The maximum atomic E-state index is 10.6. The number of rotatable bonds is 5. The molecule has 0 aromatic carbocycles. The highest BCUT2D eigenvalue weighted by Crippen LogP contribution is 2.57. The van der Waals surface area contributed by atoms with E-state index < -0.39 is 12.1 Å². The van der Waals surface area contributed by atoms with Crippen LogP contribution in [0.15, 0.2) is 0 Å². The first-order chi connectivity index (χ1) is 11.2. The van der Waals surface area contributed by atoms with Crippen molar-refractivity contribution in [1.29, 1.82) is 0 Å². The highest BCUT2D eigenvalue weighted by Gasteiger charge is 2.52. The van der Waals surface area contributed by atoms with Gasteiger partial charge in [-0.15, -0.1) is 0 Å². The van der Waals surface area contributed by atoms with Crippen LogP contribution in [0.25, 0.3) is 0 Å². The van der Waals surface area contributed by atoms with Gasteiger partial charge in [-0.2, -0.15) is 13.2 Å². The molecule has 140 valence electrons. The molecule has 4 aliphatic carbocycles. The van der Waals surface area contributed by atoms with Gasteiger partial charge in [0.15, 0.2) is 0 Å². The van der Waals surface area contributed by atoms with Gasteiger partial charge in [-0.25, -0.2) is 4.79 Å². The number of hydrogen-bond donors (Lipinski definition) is 2. The zero-order valence-corrected chi connectivity index (χ0v) is 14.3. The van der Waals surface area contributed by atoms with E-state index >= 15 is 0 Å². The molecular formula is C17H29F3N2O2. The van der Waals surface area contributed by atoms with Crippen LogP contribution in [0.3, 0.4) is 0 Å². The molecule has 4 bridgehead atoms. The quantitative estimate of drug-likeness (QED) is 0.747. The number of carboxylic acids is 1. The van der Waals surface area contributed by atoms with Crippen LogP contribution in [0.2, 0.25) is 0 Å². The van der Waals surface area contributed by atoms with Gasteiger partial charge < -0.3 is 15.7 Å². The fourth-order valence-corrected chi connectivity index (χ4v) is 5.26. The number of nitrogens with two attached hydrogens (primary N) is 1. The minimum Gasteiger partial charge on any atom is -0.475 e. The summed E-state index contributed by atoms with van der Waals surface area (Å²) in [6, 6.07) is 0. The zero-order valence-electron chi connectivity index (χ0n) is 14.3. The summed E-state index contributed by atoms with van der Waals surface area (Å²) in [6.07, 6.45) is 6.54. The number of halogens is 3. The minimum atomic E-state index is -5.08. The molecule has 3 N–H and O–H groups in total. The fourth-order valence-electron chi connectivity index (χ4n) is 5.26. The van der Waals surface area contributed by atoms with Crippen molar-refractivity contribution in [1.82, 2.24) is 4.90 Å². The average Bonchev–Trinajstić information content (AvgIpc) is 2.45. The molecule has 0 spiro atoms. The summed E-state index contributed by atoms with van der Waals surface area (Å²) in [7, 11) is 2.38. The molecule has 0 saturated heterocycles. The molecular weight excluding hydrogens is 321 g/mol. The predicted octanol–water partition coefficient (Wildman–Crippen LogP) is 3.26. The maximum Gasteiger partial charge on any atom is 0.490 e. The molecule has 4 aliphatic rings. The lowest BCUT2D eigenvalue weighted by molar-refractivity contribution is -0.192. The second-order valence-corrected chi connectivity index (χ2v) is 7.86. The molecule has 7 heteroatoms. The van der Waals surface area contributed by atoms with E-state index in [0.717, 1.165) is 24.3 Å². The van der Waals surface area contributed by atoms with Crippen molar-refractivity contribution < 1.29 is 23.1 Å². The molecule has 0 heterocycles. The van der Waals surface area contributed by atoms with Crippen molar-refractivity contribution in [3.63, 3.8) is 0 Å². The minimum absolute atomic E-state index is 0.601. The van der Waals surface area contributed by atoms with Crippen LogP contribution in [0.5, 0.6) is 0 Å². The van der Waals surface area contributed by atoms with Gasteiger partial charge in [0.05, 0.1) is 0 Å². The number of carboxylic acid groups (broad SMARTS) is 1. The molecule has 4 fully saturated rings. The molecule has 0 radical (unpaired) electrons. The van der Waals surface area contributed by atoms with E-state index in [0.29, 0.717) is 5.54 Å². The van der Waals surface area contributed by atoms with Gasteiger partial charge in [0.25, 0.3) is 0 Å². The van der Waals surface area contributed by atoms with Gasteiger partial charge in [0.1, 0.15) is 0 Å².